The number of rotatable bonds is 16. The van der Waals surface area contributed by atoms with Gasteiger partial charge in [0, 0.05) is 0 Å². The first kappa shape index (κ1) is 22.7. The van der Waals surface area contributed by atoms with Crippen LogP contribution in [0, 0.1) is 0 Å². The van der Waals surface area contributed by atoms with Gasteiger partial charge in [0.2, 0.25) is 0 Å². The van der Waals surface area contributed by atoms with Crippen molar-refractivity contribution in [2.45, 2.75) is 96.8 Å². The molecule has 0 unspecified atom stereocenters. The molecule has 0 aliphatic rings. The van der Waals surface area contributed by atoms with E-state index in [1.807, 2.05) is 18.2 Å². The third-order valence-corrected chi connectivity index (χ3v) is 9.67. The zero-order chi connectivity index (χ0) is 18.0. The Morgan fingerprint density at radius 3 is 1.76 bits per heavy atom. The molecule has 0 saturated carbocycles. The van der Waals surface area contributed by atoms with Gasteiger partial charge in [-0.25, -0.2) is 0 Å². The van der Waals surface area contributed by atoms with Crippen molar-refractivity contribution in [3.8, 4) is 0 Å². The molecule has 1 aromatic rings. The van der Waals surface area contributed by atoms with E-state index in [4.69, 9.17) is 2.64 Å². The molecular weight excluding hydrogens is 497 g/mol. The predicted octanol–water partition coefficient (Wildman–Crippen LogP) is 6.33. The first-order valence-corrected chi connectivity index (χ1v) is 15.5. The maximum atomic E-state index is 11.8. The van der Waals surface area contributed by atoms with Crippen molar-refractivity contribution in [1.82, 2.24) is 0 Å². The second kappa shape index (κ2) is 17.1. The van der Waals surface area contributed by atoms with Gasteiger partial charge in [0.25, 0.3) is 0 Å². The zero-order valence-corrected chi connectivity index (χ0v) is 21.8. The van der Waals surface area contributed by atoms with Crippen LogP contribution in [0.3, 0.4) is 0 Å². The van der Waals surface area contributed by atoms with Gasteiger partial charge in [-0.3, -0.25) is 0 Å². The molecular formula is C22H36HgO2. The van der Waals surface area contributed by atoms with E-state index in [2.05, 4.69) is 19.1 Å². The van der Waals surface area contributed by atoms with Crippen LogP contribution in [0.15, 0.2) is 30.3 Å². The van der Waals surface area contributed by atoms with E-state index in [1.54, 1.807) is 0 Å². The van der Waals surface area contributed by atoms with Gasteiger partial charge in [0.1, 0.15) is 0 Å². The van der Waals surface area contributed by atoms with Crippen molar-refractivity contribution in [3.05, 3.63) is 30.3 Å². The van der Waals surface area contributed by atoms with Crippen LogP contribution in [0.4, 0.5) is 0 Å². The maximum absolute atomic E-state index is 11.8. The fourth-order valence-corrected chi connectivity index (χ4v) is 6.74. The monoisotopic (exact) mass is 534 g/mol. The first-order valence-electron chi connectivity index (χ1n) is 10.5. The van der Waals surface area contributed by atoms with Crippen LogP contribution in [-0.4, -0.2) is 5.97 Å². The molecule has 0 atom stereocenters. The van der Waals surface area contributed by atoms with Crippen molar-refractivity contribution >= 4 is 9.04 Å². The summed E-state index contributed by atoms with van der Waals surface area (Å²) in [6.45, 7) is 2.27. The van der Waals surface area contributed by atoms with Crippen LogP contribution in [0.2, 0.25) is 0 Å². The Bertz CT molecular complexity index is 419. The Kier molecular flexibility index (Phi) is 15.5. The average molecular weight is 533 g/mol. The minimum atomic E-state index is -1.64. The molecule has 0 bridgehead atoms. The molecule has 0 heterocycles. The average Bonchev–Trinajstić information content (AvgIpc) is 2.64. The third kappa shape index (κ3) is 14.5. The molecule has 1 rings (SSSR count). The van der Waals surface area contributed by atoms with Crippen molar-refractivity contribution in [2.24, 2.45) is 0 Å². The number of carbonyl (C=O) groups excluding carboxylic acids is 1. The van der Waals surface area contributed by atoms with Crippen LogP contribution < -0.4 is 3.07 Å². The summed E-state index contributed by atoms with van der Waals surface area (Å²) in [6, 6.07) is 10.2. The van der Waals surface area contributed by atoms with Gasteiger partial charge < -0.3 is 0 Å². The van der Waals surface area contributed by atoms with E-state index in [0.29, 0.717) is 6.42 Å². The molecule has 0 fully saturated rings. The molecule has 0 N–H and O–H groups in total. The summed E-state index contributed by atoms with van der Waals surface area (Å²) in [6.07, 6.45) is 18.0. The molecule has 3 heteroatoms. The molecule has 0 radical (unpaired) electrons. The first-order chi connectivity index (χ1) is 12.3. The summed E-state index contributed by atoms with van der Waals surface area (Å²) in [5.41, 5.74) is 0. The Hall–Kier alpha value is -0.375. The summed E-state index contributed by atoms with van der Waals surface area (Å²) in [4.78, 5) is 11.8. The number of hydrogen-bond acceptors (Lipinski definition) is 2. The van der Waals surface area contributed by atoms with E-state index in [0.717, 1.165) is 6.42 Å². The Labute approximate surface area is 168 Å². The second-order valence-electron chi connectivity index (χ2n) is 7.14. The van der Waals surface area contributed by atoms with Crippen LogP contribution in [0.5, 0.6) is 0 Å². The normalized spacial score (nSPS) is 10.4. The Morgan fingerprint density at radius 1 is 0.760 bits per heavy atom. The minimum absolute atomic E-state index is 0.0357. The zero-order valence-electron chi connectivity index (χ0n) is 16.3. The molecule has 0 aliphatic carbocycles. The van der Waals surface area contributed by atoms with Gasteiger partial charge in [-0.05, 0) is 0 Å². The van der Waals surface area contributed by atoms with Crippen LogP contribution in [0.1, 0.15) is 96.8 Å². The van der Waals surface area contributed by atoms with E-state index in [9.17, 15) is 4.79 Å². The topological polar surface area (TPSA) is 26.3 Å². The van der Waals surface area contributed by atoms with Gasteiger partial charge in [-0.1, -0.05) is 32.6 Å². The second-order valence-corrected chi connectivity index (χ2v) is 12.6. The summed E-state index contributed by atoms with van der Waals surface area (Å²) < 4.78 is 6.80. The van der Waals surface area contributed by atoms with Crippen LogP contribution >= 0.6 is 0 Å². The molecule has 0 aliphatic heterocycles. The van der Waals surface area contributed by atoms with Crippen molar-refractivity contribution < 1.29 is 32.5 Å². The quantitative estimate of drug-likeness (QED) is 0.183. The predicted molar refractivity (Wildman–Crippen MR) is 102 cm³/mol. The Balaban J connectivity index is 1.80. The van der Waals surface area contributed by atoms with E-state index in [-0.39, 0.29) is 5.97 Å². The summed E-state index contributed by atoms with van der Waals surface area (Å²) in [5, 5.41) is 0. The SMILES string of the molecule is CCCCCCCCCCCCCCCC(=O)[O][Hg][c]1ccccc1. The van der Waals surface area contributed by atoms with Gasteiger partial charge in [0.05, 0.1) is 0 Å². The van der Waals surface area contributed by atoms with Crippen molar-refractivity contribution in [3.63, 3.8) is 0 Å². The van der Waals surface area contributed by atoms with E-state index in [1.165, 1.54) is 80.1 Å². The van der Waals surface area contributed by atoms with Gasteiger partial charge in [-0.2, -0.15) is 0 Å². The number of carbonyl (C=O) groups is 1. The summed E-state index contributed by atoms with van der Waals surface area (Å²) >= 11 is -1.64. The standard InChI is InChI=1S/C16H32O2.C6H5.Hg/c1-2-3-4-5-6-7-8-9-10-11-12-13-14-15-16(17)18;1-2-4-6-5-3-1;/h2-15H2,1H3,(H,17,18);1-5H;/q;;+1/p-1. The number of unbranched alkanes of at least 4 members (excludes halogenated alkanes) is 12. The third-order valence-electron chi connectivity index (χ3n) is 4.73. The van der Waals surface area contributed by atoms with Crippen LogP contribution in [0.25, 0.3) is 0 Å². The van der Waals surface area contributed by atoms with Gasteiger partial charge in [-0.15, -0.1) is 0 Å². The van der Waals surface area contributed by atoms with Gasteiger partial charge in [0.15, 0.2) is 0 Å². The van der Waals surface area contributed by atoms with Crippen molar-refractivity contribution in [1.29, 1.82) is 0 Å². The molecule has 25 heavy (non-hydrogen) atoms. The molecule has 0 aromatic heterocycles. The molecule has 0 amide bonds. The van der Waals surface area contributed by atoms with E-state index >= 15 is 0 Å². The number of hydrogen-bond donors (Lipinski definition) is 0. The number of benzene rings is 1. The summed E-state index contributed by atoms with van der Waals surface area (Å²) in [5.74, 6) is 0.0357. The molecule has 138 valence electrons. The Morgan fingerprint density at radius 2 is 1.24 bits per heavy atom. The molecule has 0 saturated heterocycles. The van der Waals surface area contributed by atoms with Crippen molar-refractivity contribution in [2.75, 3.05) is 0 Å². The molecule has 1 aromatic carbocycles. The molecule has 2 nitrogen and oxygen atoms in total. The van der Waals surface area contributed by atoms with Crippen LogP contribution in [-0.2, 0) is 32.5 Å². The fraction of sp³-hybridized carbons (Fsp3) is 0.682. The van der Waals surface area contributed by atoms with Gasteiger partial charge >= 0.3 is 136 Å². The van der Waals surface area contributed by atoms with E-state index < -0.39 is 25.0 Å². The molecule has 0 spiro atoms. The summed E-state index contributed by atoms with van der Waals surface area (Å²) in [7, 11) is 0. The fourth-order valence-electron chi connectivity index (χ4n) is 3.10.